The molecule has 3 N–H and O–H groups in total. The van der Waals surface area contributed by atoms with Gasteiger partial charge in [-0.25, -0.2) is 9.97 Å². The number of rotatable bonds is 9. The van der Waals surface area contributed by atoms with Crippen LogP contribution in [0.25, 0.3) is 10.9 Å². The molecule has 0 aliphatic carbocycles. The summed E-state index contributed by atoms with van der Waals surface area (Å²) in [6, 6.07) is 10.3. The minimum Gasteiger partial charge on any atom is -0.370 e. The normalized spacial score (nSPS) is 11.2. The van der Waals surface area contributed by atoms with Crippen LogP contribution < -0.4 is 10.6 Å². The molecule has 0 amide bonds. The highest BCUT2D eigenvalue weighted by Crippen LogP contribution is 2.18. The van der Waals surface area contributed by atoms with Gasteiger partial charge in [-0.05, 0) is 45.1 Å². The fourth-order valence-corrected chi connectivity index (χ4v) is 2.83. The third-order valence-electron chi connectivity index (χ3n) is 4.13. The SMILES string of the molecule is CN(C)CCCNc1cc(NCCc2c[nH]c3ccccc23)ncn1. The first-order valence-electron chi connectivity index (χ1n) is 8.72. The summed E-state index contributed by atoms with van der Waals surface area (Å²) in [5.74, 6) is 1.72. The zero-order valence-electron chi connectivity index (χ0n) is 14.9. The third kappa shape index (κ3) is 4.93. The fourth-order valence-electron chi connectivity index (χ4n) is 2.83. The largest absolute Gasteiger partial charge is 0.370 e. The molecule has 0 fully saturated rings. The molecule has 0 unspecified atom stereocenters. The Morgan fingerprint density at radius 3 is 2.60 bits per heavy atom. The smallest absolute Gasteiger partial charge is 0.131 e. The predicted octanol–water partition coefficient (Wildman–Crippen LogP) is 2.98. The third-order valence-corrected chi connectivity index (χ3v) is 4.13. The number of hydrogen-bond donors (Lipinski definition) is 3. The molecule has 0 radical (unpaired) electrons. The highest BCUT2D eigenvalue weighted by atomic mass is 15.1. The molecule has 0 saturated heterocycles. The van der Waals surface area contributed by atoms with Gasteiger partial charge in [0.15, 0.2) is 0 Å². The molecule has 6 nitrogen and oxygen atoms in total. The van der Waals surface area contributed by atoms with E-state index in [0.29, 0.717) is 0 Å². The maximum atomic E-state index is 4.30. The Labute approximate surface area is 148 Å². The van der Waals surface area contributed by atoms with E-state index >= 15 is 0 Å². The molecule has 0 saturated carbocycles. The van der Waals surface area contributed by atoms with Gasteiger partial charge < -0.3 is 20.5 Å². The number of fused-ring (bicyclic) bond motifs is 1. The van der Waals surface area contributed by atoms with Crippen LogP contribution in [0.2, 0.25) is 0 Å². The van der Waals surface area contributed by atoms with Crippen LogP contribution in [0.5, 0.6) is 0 Å². The average molecular weight is 338 g/mol. The van der Waals surface area contributed by atoms with Crippen molar-refractivity contribution in [2.24, 2.45) is 0 Å². The van der Waals surface area contributed by atoms with Gasteiger partial charge in [0, 0.05) is 36.3 Å². The summed E-state index contributed by atoms with van der Waals surface area (Å²) in [7, 11) is 4.17. The van der Waals surface area contributed by atoms with Crippen molar-refractivity contribution < 1.29 is 0 Å². The quantitative estimate of drug-likeness (QED) is 0.523. The van der Waals surface area contributed by atoms with Gasteiger partial charge >= 0.3 is 0 Å². The van der Waals surface area contributed by atoms with Gasteiger partial charge in [-0.1, -0.05) is 18.2 Å². The van der Waals surface area contributed by atoms with Crippen LogP contribution in [0.15, 0.2) is 42.9 Å². The predicted molar refractivity (Wildman–Crippen MR) is 104 cm³/mol. The topological polar surface area (TPSA) is 68.9 Å². The highest BCUT2D eigenvalue weighted by Gasteiger charge is 2.03. The Bertz CT molecular complexity index is 795. The number of aromatic nitrogens is 3. The van der Waals surface area contributed by atoms with Gasteiger partial charge in [0.1, 0.15) is 18.0 Å². The van der Waals surface area contributed by atoms with Crippen molar-refractivity contribution in [2.45, 2.75) is 12.8 Å². The van der Waals surface area contributed by atoms with E-state index in [0.717, 1.165) is 44.1 Å². The Morgan fingerprint density at radius 1 is 1.04 bits per heavy atom. The van der Waals surface area contributed by atoms with E-state index in [1.54, 1.807) is 6.33 Å². The van der Waals surface area contributed by atoms with Gasteiger partial charge in [0.05, 0.1) is 0 Å². The molecule has 132 valence electrons. The first-order chi connectivity index (χ1) is 12.2. The van der Waals surface area contributed by atoms with E-state index < -0.39 is 0 Å². The lowest BCUT2D eigenvalue weighted by Gasteiger charge is -2.11. The van der Waals surface area contributed by atoms with Crippen LogP contribution >= 0.6 is 0 Å². The first-order valence-corrected chi connectivity index (χ1v) is 8.72. The van der Waals surface area contributed by atoms with Gasteiger partial charge in [-0.3, -0.25) is 0 Å². The van der Waals surface area contributed by atoms with Crippen LogP contribution in [0, 0.1) is 0 Å². The second-order valence-electron chi connectivity index (χ2n) is 6.41. The summed E-state index contributed by atoms with van der Waals surface area (Å²) in [6.45, 7) is 2.80. The van der Waals surface area contributed by atoms with Crippen molar-refractivity contribution in [1.82, 2.24) is 19.9 Å². The lowest BCUT2D eigenvalue weighted by atomic mass is 10.1. The van der Waals surface area contributed by atoms with Crippen LogP contribution in [0.3, 0.4) is 0 Å². The zero-order chi connectivity index (χ0) is 17.5. The molecule has 3 rings (SSSR count). The number of nitrogens with zero attached hydrogens (tertiary/aromatic N) is 3. The number of para-hydroxylation sites is 1. The summed E-state index contributed by atoms with van der Waals surface area (Å²) < 4.78 is 0. The number of nitrogens with one attached hydrogen (secondary N) is 3. The molecule has 0 spiro atoms. The second-order valence-corrected chi connectivity index (χ2v) is 6.41. The van der Waals surface area contributed by atoms with E-state index in [2.05, 4.69) is 75.0 Å². The summed E-state index contributed by atoms with van der Waals surface area (Å²) in [6.07, 6.45) is 5.71. The molecule has 2 aromatic heterocycles. The van der Waals surface area contributed by atoms with Crippen molar-refractivity contribution >= 4 is 22.5 Å². The van der Waals surface area contributed by atoms with Crippen LogP contribution in [0.4, 0.5) is 11.6 Å². The van der Waals surface area contributed by atoms with E-state index in [9.17, 15) is 0 Å². The second kappa shape index (κ2) is 8.48. The van der Waals surface area contributed by atoms with Crippen molar-refractivity contribution in [3.63, 3.8) is 0 Å². The fraction of sp³-hybridized carbons (Fsp3) is 0.368. The lowest BCUT2D eigenvalue weighted by Crippen LogP contribution is -2.16. The van der Waals surface area contributed by atoms with Crippen LogP contribution in [-0.2, 0) is 6.42 Å². The Hall–Kier alpha value is -2.60. The summed E-state index contributed by atoms with van der Waals surface area (Å²) in [5, 5.41) is 8.02. The molecule has 1 aromatic carbocycles. The molecule has 0 bridgehead atoms. The summed E-state index contributed by atoms with van der Waals surface area (Å²) in [5.41, 5.74) is 2.50. The molecule has 2 heterocycles. The molecule has 0 aliphatic rings. The average Bonchev–Trinajstić information content (AvgIpc) is 3.02. The maximum Gasteiger partial charge on any atom is 0.131 e. The highest BCUT2D eigenvalue weighted by molar-refractivity contribution is 5.83. The number of H-pyrrole nitrogens is 1. The van der Waals surface area contributed by atoms with E-state index in [1.165, 1.54) is 16.5 Å². The van der Waals surface area contributed by atoms with E-state index in [4.69, 9.17) is 0 Å². The summed E-state index contributed by atoms with van der Waals surface area (Å²) >= 11 is 0. The van der Waals surface area contributed by atoms with Crippen molar-refractivity contribution in [2.75, 3.05) is 44.4 Å². The van der Waals surface area contributed by atoms with Gasteiger partial charge in [-0.15, -0.1) is 0 Å². The molecule has 3 aromatic rings. The van der Waals surface area contributed by atoms with E-state index in [1.807, 2.05) is 6.07 Å². The number of aromatic amines is 1. The van der Waals surface area contributed by atoms with E-state index in [-0.39, 0.29) is 0 Å². The minimum atomic E-state index is 0.832. The molecule has 25 heavy (non-hydrogen) atoms. The molecule has 6 heteroatoms. The zero-order valence-corrected chi connectivity index (χ0v) is 14.9. The molecule has 0 aliphatic heterocycles. The van der Waals surface area contributed by atoms with Crippen LogP contribution in [-0.4, -0.2) is 53.6 Å². The Kier molecular flexibility index (Phi) is 5.85. The minimum absolute atomic E-state index is 0.832. The van der Waals surface area contributed by atoms with Gasteiger partial charge in [0.25, 0.3) is 0 Å². The Balaban J connectivity index is 1.49. The van der Waals surface area contributed by atoms with Gasteiger partial charge in [-0.2, -0.15) is 0 Å². The Morgan fingerprint density at radius 2 is 1.80 bits per heavy atom. The molecular weight excluding hydrogens is 312 g/mol. The monoisotopic (exact) mass is 338 g/mol. The first kappa shape index (κ1) is 17.2. The summed E-state index contributed by atoms with van der Waals surface area (Å²) in [4.78, 5) is 14.1. The van der Waals surface area contributed by atoms with Gasteiger partial charge in [0.2, 0.25) is 0 Å². The molecule has 0 atom stereocenters. The van der Waals surface area contributed by atoms with Crippen molar-refractivity contribution in [1.29, 1.82) is 0 Å². The number of hydrogen-bond acceptors (Lipinski definition) is 5. The number of benzene rings is 1. The van der Waals surface area contributed by atoms with Crippen molar-refractivity contribution in [3.05, 3.63) is 48.4 Å². The maximum absolute atomic E-state index is 4.30. The molecular formula is C19H26N6. The lowest BCUT2D eigenvalue weighted by molar-refractivity contribution is 0.405. The van der Waals surface area contributed by atoms with Crippen molar-refractivity contribution in [3.8, 4) is 0 Å². The number of anilines is 2. The van der Waals surface area contributed by atoms with Crippen LogP contribution in [0.1, 0.15) is 12.0 Å². The standard InChI is InChI=1S/C19H26N6/c1-25(2)11-5-9-20-18-12-19(24-14-23-18)21-10-8-15-13-22-17-7-4-3-6-16(15)17/h3-4,6-7,12-14,22H,5,8-11H2,1-2H3,(H2,20,21,23,24).